The molecule has 0 bridgehead atoms. The molecule has 2 heterocycles. The second-order valence-corrected chi connectivity index (χ2v) is 8.52. The van der Waals surface area contributed by atoms with Crippen molar-refractivity contribution in [1.29, 1.82) is 0 Å². The summed E-state index contributed by atoms with van der Waals surface area (Å²) in [6.07, 6.45) is 3.34. The number of hydrogen-bond donors (Lipinski definition) is 1. The molecule has 0 spiro atoms. The third-order valence-electron chi connectivity index (χ3n) is 3.28. The molecule has 1 aromatic heterocycles. The zero-order valence-electron chi connectivity index (χ0n) is 10.8. The van der Waals surface area contributed by atoms with Crippen LogP contribution in [0.1, 0.15) is 24.8 Å². The third kappa shape index (κ3) is 4.13. The number of nitrogens with zero attached hydrogens (tertiary/aromatic N) is 2. The van der Waals surface area contributed by atoms with Gasteiger partial charge in [0.05, 0.1) is 11.9 Å². The molecule has 1 fully saturated rings. The van der Waals surface area contributed by atoms with Crippen LogP contribution in [0.3, 0.4) is 0 Å². The summed E-state index contributed by atoms with van der Waals surface area (Å²) in [7, 11) is -3.03. The summed E-state index contributed by atoms with van der Waals surface area (Å²) in [6.45, 7) is 3.59. The SMILES string of the molecule is CCS(=O)(=O)N1CCC(NCc2ncc(Cl)s2)CC1. The molecule has 2 rings (SSSR count). The van der Waals surface area contributed by atoms with Crippen molar-refractivity contribution in [1.82, 2.24) is 14.6 Å². The van der Waals surface area contributed by atoms with E-state index in [9.17, 15) is 8.42 Å². The maximum Gasteiger partial charge on any atom is 0.213 e. The van der Waals surface area contributed by atoms with Gasteiger partial charge in [0.1, 0.15) is 9.34 Å². The monoisotopic (exact) mass is 323 g/mol. The Labute approximate surface area is 123 Å². The Morgan fingerprint density at radius 2 is 2.21 bits per heavy atom. The van der Waals surface area contributed by atoms with Crippen LogP contribution in [0.4, 0.5) is 0 Å². The average Bonchev–Trinajstić information content (AvgIpc) is 2.83. The van der Waals surface area contributed by atoms with Crippen LogP contribution in [0, 0.1) is 0 Å². The van der Waals surface area contributed by atoms with Crippen molar-refractivity contribution in [3.63, 3.8) is 0 Å². The quantitative estimate of drug-likeness (QED) is 0.896. The molecule has 0 amide bonds. The number of piperidine rings is 1. The van der Waals surface area contributed by atoms with Crippen LogP contribution in [0.25, 0.3) is 0 Å². The predicted octanol–water partition coefficient (Wildman–Crippen LogP) is 1.70. The number of sulfonamides is 1. The number of thiazole rings is 1. The van der Waals surface area contributed by atoms with Gasteiger partial charge in [0.25, 0.3) is 0 Å². The molecule has 0 aromatic carbocycles. The van der Waals surface area contributed by atoms with E-state index in [2.05, 4.69) is 10.3 Å². The summed E-state index contributed by atoms with van der Waals surface area (Å²) >= 11 is 7.29. The van der Waals surface area contributed by atoms with E-state index >= 15 is 0 Å². The summed E-state index contributed by atoms with van der Waals surface area (Å²) in [4.78, 5) is 4.19. The fourth-order valence-electron chi connectivity index (χ4n) is 2.12. The van der Waals surface area contributed by atoms with Gasteiger partial charge in [-0.1, -0.05) is 11.6 Å². The van der Waals surface area contributed by atoms with E-state index in [-0.39, 0.29) is 5.75 Å². The van der Waals surface area contributed by atoms with Gasteiger partial charge >= 0.3 is 0 Å². The second kappa shape index (κ2) is 6.49. The number of hydrogen-bond acceptors (Lipinski definition) is 5. The maximum atomic E-state index is 11.7. The molecule has 19 heavy (non-hydrogen) atoms. The Hall–Kier alpha value is -0.210. The summed E-state index contributed by atoms with van der Waals surface area (Å²) in [6, 6.07) is 0.353. The standard InChI is InChI=1S/C11H18ClN3O2S2/c1-2-19(16,17)15-5-3-9(4-6-15)13-8-11-14-7-10(12)18-11/h7,9,13H,2-6,8H2,1H3. The highest BCUT2D eigenvalue weighted by molar-refractivity contribution is 7.89. The molecule has 0 radical (unpaired) electrons. The van der Waals surface area contributed by atoms with Gasteiger partial charge in [-0.3, -0.25) is 0 Å². The van der Waals surface area contributed by atoms with E-state index in [1.165, 1.54) is 11.3 Å². The van der Waals surface area contributed by atoms with Gasteiger partial charge < -0.3 is 5.32 Å². The fraction of sp³-hybridized carbons (Fsp3) is 0.727. The lowest BCUT2D eigenvalue weighted by molar-refractivity contribution is 0.289. The van der Waals surface area contributed by atoms with Crippen LogP contribution in [0.5, 0.6) is 0 Å². The third-order valence-corrected chi connectivity index (χ3v) is 6.28. The second-order valence-electron chi connectivity index (χ2n) is 4.51. The largest absolute Gasteiger partial charge is 0.308 e. The smallest absolute Gasteiger partial charge is 0.213 e. The Kier molecular flexibility index (Phi) is 5.19. The molecule has 1 N–H and O–H groups in total. The zero-order valence-corrected chi connectivity index (χ0v) is 13.2. The van der Waals surface area contributed by atoms with E-state index in [0.29, 0.717) is 30.0 Å². The van der Waals surface area contributed by atoms with Crippen molar-refractivity contribution in [2.24, 2.45) is 0 Å². The zero-order chi connectivity index (χ0) is 13.9. The lowest BCUT2D eigenvalue weighted by Gasteiger charge is -2.31. The Balaban J connectivity index is 1.78. The van der Waals surface area contributed by atoms with Crippen LogP contribution in [0.15, 0.2) is 6.20 Å². The highest BCUT2D eigenvalue weighted by Crippen LogP contribution is 2.19. The van der Waals surface area contributed by atoms with Gasteiger partial charge in [-0.25, -0.2) is 17.7 Å². The topological polar surface area (TPSA) is 62.3 Å². The maximum absolute atomic E-state index is 11.7. The molecule has 5 nitrogen and oxygen atoms in total. The van der Waals surface area contributed by atoms with Gasteiger partial charge in [-0.2, -0.15) is 0 Å². The minimum atomic E-state index is -3.03. The normalized spacial score (nSPS) is 18.8. The molecule has 1 saturated heterocycles. The Morgan fingerprint density at radius 3 is 2.74 bits per heavy atom. The fourth-order valence-corrected chi connectivity index (χ4v) is 4.16. The van der Waals surface area contributed by atoms with Crippen molar-refractivity contribution in [2.45, 2.75) is 32.4 Å². The molecule has 1 aliphatic heterocycles. The minimum absolute atomic E-state index is 0.183. The Morgan fingerprint density at radius 1 is 1.53 bits per heavy atom. The number of rotatable bonds is 5. The number of halogens is 1. The van der Waals surface area contributed by atoms with Gasteiger partial charge in [0, 0.05) is 25.7 Å². The highest BCUT2D eigenvalue weighted by atomic mass is 35.5. The first-order valence-electron chi connectivity index (χ1n) is 6.32. The van der Waals surface area contributed by atoms with Gasteiger partial charge in [0.15, 0.2) is 0 Å². The minimum Gasteiger partial charge on any atom is -0.308 e. The summed E-state index contributed by atoms with van der Waals surface area (Å²) < 4.78 is 25.7. The molecular formula is C11H18ClN3O2S2. The lowest BCUT2D eigenvalue weighted by atomic mass is 10.1. The molecule has 0 saturated carbocycles. The Bertz CT molecular complexity index is 510. The highest BCUT2D eigenvalue weighted by Gasteiger charge is 2.26. The van der Waals surface area contributed by atoms with Crippen molar-refractivity contribution in [3.05, 3.63) is 15.5 Å². The van der Waals surface area contributed by atoms with E-state index in [1.807, 2.05) is 0 Å². The lowest BCUT2D eigenvalue weighted by Crippen LogP contribution is -2.45. The molecule has 0 unspecified atom stereocenters. The van der Waals surface area contributed by atoms with E-state index < -0.39 is 10.0 Å². The van der Waals surface area contributed by atoms with Crippen LogP contribution in [0.2, 0.25) is 4.34 Å². The molecule has 108 valence electrons. The number of aromatic nitrogens is 1. The van der Waals surface area contributed by atoms with Gasteiger partial charge in [-0.15, -0.1) is 11.3 Å². The van der Waals surface area contributed by atoms with Crippen molar-refractivity contribution in [3.8, 4) is 0 Å². The van der Waals surface area contributed by atoms with E-state index in [4.69, 9.17) is 11.6 Å². The van der Waals surface area contributed by atoms with Crippen LogP contribution in [-0.2, 0) is 16.6 Å². The first kappa shape index (κ1) is 15.2. The van der Waals surface area contributed by atoms with Gasteiger partial charge in [-0.05, 0) is 19.8 Å². The molecule has 1 aliphatic rings. The summed E-state index contributed by atoms with van der Waals surface area (Å²) in [5.41, 5.74) is 0. The molecule has 0 aliphatic carbocycles. The molecular weight excluding hydrogens is 306 g/mol. The average molecular weight is 324 g/mol. The van der Waals surface area contributed by atoms with Crippen molar-refractivity contribution in [2.75, 3.05) is 18.8 Å². The van der Waals surface area contributed by atoms with Crippen LogP contribution in [-0.4, -0.2) is 42.6 Å². The first-order chi connectivity index (χ1) is 9.01. The van der Waals surface area contributed by atoms with E-state index in [1.54, 1.807) is 17.4 Å². The van der Waals surface area contributed by atoms with E-state index in [0.717, 1.165) is 17.8 Å². The van der Waals surface area contributed by atoms with Crippen molar-refractivity contribution >= 4 is 33.0 Å². The molecule has 8 heteroatoms. The summed E-state index contributed by atoms with van der Waals surface area (Å²) in [5.74, 6) is 0.183. The summed E-state index contributed by atoms with van der Waals surface area (Å²) in [5, 5.41) is 4.38. The van der Waals surface area contributed by atoms with Crippen LogP contribution >= 0.6 is 22.9 Å². The van der Waals surface area contributed by atoms with Gasteiger partial charge in [0.2, 0.25) is 10.0 Å². The van der Waals surface area contributed by atoms with Crippen molar-refractivity contribution < 1.29 is 8.42 Å². The number of nitrogens with one attached hydrogen (secondary N) is 1. The van der Waals surface area contributed by atoms with Crippen LogP contribution < -0.4 is 5.32 Å². The molecule has 1 aromatic rings. The predicted molar refractivity (Wildman–Crippen MR) is 78.0 cm³/mol. The molecule has 0 atom stereocenters. The first-order valence-corrected chi connectivity index (χ1v) is 9.13.